The van der Waals surface area contributed by atoms with Gasteiger partial charge in [-0.3, -0.25) is 9.12 Å². The van der Waals surface area contributed by atoms with E-state index in [2.05, 4.69) is 9.71 Å². The van der Waals surface area contributed by atoms with Crippen LogP contribution < -0.4 is 4.72 Å². The van der Waals surface area contributed by atoms with E-state index in [1.54, 1.807) is 12.1 Å². The minimum Gasteiger partial charge on any atom is -0.297 e. The van der Waals surface area contributed by atoms with Gasteiger partial charge in [-0.25, -0.2) is 22.2 Å². The number of nitrogens with zero attached hydrogens (tertiary/aromatic N) is 2. The summed E-state index contributed by atoms with van der Waals surface area (Å²) in [6.07, 6.45) is 3.76. The van der Waals surface area contributed by atoms with Crippen molar-refractivity contribution in [3.63, 3.8) is 0 Å². The molecule has 0 saturated heterocycles. The highest BCUT2D eigenvalue weighted by atomic mass is 32.2. The van der Waals surface area contributed by atoms with Crippen molar-refractivity contribution in [1.29, 1.82) is 0 Å². The van der Waals surface area contributed by atoms with Crippen LogP contribution in [0.4, 0.5) is 14.5 Å². The van der Waals surface area contributed by atoms with Gasteiger partial charge in [-0.2, -0.15) is 0 Å². The van der Waals surface area contributed by atoms with E-state index >= 15 is 0 Å². The molecule has 0 aliphatic heterocycles. The quantitative estimate of drug-likeness (QED) is 0.569. The van der Waals surface area contributed by atoms with Crippen molar-refractivity contribution in [2.45, 2.75) is 4.90 Å². The second kappa shape index (κ2) is 6.19. The largest absolute Gasteiger partial charge is 0.297 e. The molecule has 0 fully saturated rings. The highest BCUT2D eigenvalue weighted by molar-refractivity contribution is 7.92. The Kier molecular flexibility index (Phi) is 3.97. The van der Waals surface area contributed by atoms with Gasteiger partial charge in [0.05, 0.1) is 5.69 Å². The van der Waals surface area contributed by atoms with Crippen molar-refractivity contribution < 1.29 is 17.2 Å². The maximum atomic E-state index is 13.7. The number of hydrogen-bond donors (Lipinski definition) is 1. The molecule has 5 nitrogen and oxygen atoms in total. The van der Waals surface area contributed by atoms with E-state index in [-0.39, 0.29) is 5.69 Å². The molecule has 2 heterocycles. The summed E-state index contributed by atoms with van der Waals surface area (Å²) in [5, 5.41) is 1.93. The van der Waals surface area contributed by atoms with Crippen LogP contribution in [0.3, 0.4) is 0 Å². The van der Waals surface area contributed by atoms with Crippen molar-refractivity contribution in [2.24, 2.45) is 0 Å². The summed E-state index contributed by atoms with van der Waals surface area (Å²) in [7, 11) is -4.24. The van der Waals surface area contributed by atoms with E-state index in [1.807, 2.05) is 22.2 Å². The van der Waals surface area contributed by atoms with Crippen molar-refractivity contribution in [3.8, 4) is 11.3 Å². The molecule has 9 heteroatoms. The lowest BCUT2D eigenvalue weighted by Crippen LogP contribution is -2.14. The first-order valence-corrected chi connectivity index (χ1v) is 9.79. The Morgan fingerprint density at radius 2 is 1.85 bits per heavy atom. The van der Waals surface area contributed by atoms with E-state index in [0.29, 0.717) is 6.07 Å². The molecule has 132 valence electrons. The highest BCUT2D eigenvalue weighted by Crippen LogP contribution is 2.25. The lowest BCUT2D eigenvalue weighted by Gasteiger charge is -2.09. The van der Waals surface area contributed by atoms with Gasteiger partial charge in [-0.05, 0) is 30.3 Å². The maximum absolute atomic E-state index is 13.7. The molecule has 0 unspecified atom stereocenters. The zero-order chi connectivity index (χ0) is 18.3. The average Bonchev–Trinajstić information content (AvgIpc) is 3.19. The van der Waals surface area contributed by atoms with Gasteiger partial charge in [-0.15, -0.1) is 11.3 Å². The molecule has 0 atom stereocenters. The number of rotatable bonds is 4. The number of fused-ring (bicyclic) bond motifs is 1. The standard InChI is InChI=1S/C17H11F2N3O2S2/c18-12-3-6-14(19)16(9-12)26(23,24)21-13-4-1-11(2-5-13)15-10-22-7-8-25-17(22)20-15/h1-10,21H. The van der Waals surface area contributed by atoms with Crippen LogP contribution in [-0.4, -0.2) is 17.8 Å². The number of sulfonamides is 1. The number of anilines is 1. The lowest BCUT2D eigenvalue weighted by atomic mass is 10.1. The molecule has 1 N–H and O–H groups in total. The first-order chi connectivity index (χ1) is 12.4. The SMILES string of the molecule is O=S(=O)(Nc1ccc(-c2cn3ccsc3n2)cc1)c1cc(F)ccc1F. The molecule has 0 saturated carbocycles. The van der Waals surface area contributed by atoms with Gasteiger partial charge in [0.25, 0.3) is 10.0 Å². The number of benzene rings is 2. The van der Waals surface area contributed by atoms with Gasteiger partial charge < -0.3 is 0 Å². The van der Waals surface area contributed by atoms with Gasteiger partial charge in [0.2, 0.25) is 0 Å². The summed E-state index contributed by atoms with van der Waals surface area (Å²) < 4.78 is 55.7. The molecule has 4 aromatic rings. The normalized spacial score (nSPS) is 11.8. The number of imidazole rings is 1. The predicted octanol–water partition coefficient (Wildman–Crippen LogP) is 4.14. The molecule has 0 spiro atoms. The van der Waals surface area contributed by atoms with E-state index in [9.17, 15) is 17.2 Å². The Balaban J connectivity index is 1.60. The zero-order valence-electron chi connectivity index (χ0n) is 13.1. The van der Waals surface area contributed by atoms with Crippen molar-refractivity contribution >= 4 is 32.0 Å². The van der Waals surface area contributed by atoms with Crippen molar-refractivity contribution in [1.82, 2.24) is 9.38 Å². The number of thiazole rings is 1. The molecular weight excluding hydrogens is 380 g/mol. The Bertz CT molecular complexity index is 1170. The van der Waals surface area contributed by atoms with Crippen LogP contribution in [0.15, 0.2) is 65.1 Å². The monoisotopic (exact) mass is 391 g/mol. The van der Waals surface area contributed by atoms with Crippen LogP contribution in [0.5, 0.6) is 0 Å². The van der Waals surface area contributed by atoms with E-state index in [0.717, 1.165) is 28.4 Å². The Labute approximate surface area is 151 Å². The molecule has 2 aromatic heterocycles. The summed E-state index contributed by atoms with van der Waals surface area (Å²) in [6.45, 7) is 0. The Morgan fingerprint density at radius 3 is 2.58 bits per heavy atom. The number of halogens is 2. The van der Waals surface area contributed by atoms with Crippen LogP contribution >= 0.6 is 11.3 Å². The number of aromatic nitrogens is 2. The molecule has 0 amide bonds. The lowest BCUT2D eigenvalue weighted by molar-refractivity contribution is 0.555. The van der Waals surface area contributed by atoms with Gasteiger partial charge in [0, 0.05) is 29.0 Å². The summed E-state index contributed by atoms with van der Waals surface area (Å²) in [6, 6.07) is 8.76. The van der Waals surface area contributed by atoms with Gasteiger partial charge >= 0.3 is 0 Å². The predicted molar refractivity (Wildman–Crippen MR) is 95.7 cm³/mol. The smallest absolute Gasteiger partial charge is 0.264 e. The maximum Gasteiger partial charge on any atom is 0.264 e. The molecule has 0 radical (unpaired) electrons. The summed E-state index contributed by atoms with van der Waals surface area (Å²) in [4.78, 5) is 4.58. The Morgan fingerprint density at radius 1 is 1.08 bits per heavy atom. The van der Waals surface area contributed by atoms with Gasteiger partial charge in [-0.1, -0.05) is 12.1 Å². The fourth-order valence-electron chi connectivity index (χ4n) is 2.47. The first-order valence-electron chi connectivity index (χ1n) is 7.43. The molecular formula is C17H11F2N3O2S2. The van der Waals surface area contributed by atoms with E-state index in [4.69, 9.17) is 0 Å². The summed E-state index contributed by atoms with van der Waals surface area (Å²) >= 11 is 1.51. The van der Waals surface area contributed by atoms with Crippen LogP contribution in [0.1, 0.15) is 0 Å². The van der Waals surface area contributed by atoms with Crippen LogP contribution in [0.25, 0.3) is 16.2 Å². The molecule has 26 heavy (non-hydrogen) atoms. The Hall–Kier alpha value is -2.78. The fourth-order valence-corrected chi connectivity index (χ4v) is 4.32. The van der Waals surface area contributed by atoms with Crippen LogP contribution in [-0.2, 0) is 10.0 Å². The third kappa shape index (κ3) is 3.06. The molecule has 4 rings (SSSR count). The van der Waals surface area contributed by atoms with E-state index < -0.39 is 26.6 Å². The van der Waals surface area contributed by atoms with Crippen molar-refractivity contribution in [3.05, 3.63) is 71.9 Å². The van der Waals surface area contributed by atoms with Crippen LogP contribution in [0.2, 0.25) is 0 Å². The minimum absolute atomic E-state index is 0.235. The fraction of sp³-hybridized carbons (Fsp3) is 0. The van der Waals surface area contributed by atoms with Gasteiger partial charge in [0.1, 0.15) is 16.5 Å². The highest BCUT2D eigenvalue weighted by Gasteiger charge is 2.20. The topological polar surface area (TPSA) is 63.5 Å². The average molecular weight is 391 g/mol. The molecule has 0 bridgehead atoms. The van der Waals surface area contributed by atoms with Crippen LogP contribution in [0, 0.1) is 11.6 Å². The van der Waals surface area contributed by atoms with Crippen molar-refractivity contribution in [2.75, 3.05) is 4.72 Å². The minimum atomic E-state index is -4.24. The van der Waals surface area contributed by atoms with E-state index in [1.165, 1.54) is 23.5 Å². The second-order valence-corrected chi connectivity index (χ2v) is 8.00. The molecule has 2 aromatic carbocycles. The van der Waals surface area contributed by atoms with Gasteiger partial charge in [0.15, 0.2) is 4.96 Å². The third-order valence-corrected chi connectivity index (χ3v) is 5.88. The second-order valence-electron chi connectivity index (χ2n) is 5.48. The first kappa shape index (κ1) is 16.7. The molecule has 0 aliphatic carbocycles. The number of nitrogens with one attached hydrogen (secondary N) is 1. The zero-order valence-corrected chi connectivity index (χ0v) is 14.7. The number of hydrogen-bond acceptors (Lipinski definition) is 4. The third-order valence-electron chi connectivity index (χ3n) is 3.71. The summed E-state index contributed by atoms with van der Waals surface area (Å²) in [5.41, 5.74) is 1.79. The summed E-state index contributed by atoms with van der Waals surface area (Å²) in [5.74, 6) is -1.85. The molecule has 0 aliphatic rings.